The summed E-state index contributed by atoms with van der Waals surface area (Å²) in [5.41, 5.74) is 1.33. The SMILES string of the molecule is COc1cc(C=C2SC(=S)N(c3ccc(F)cc3)C2=O)ccc1OCCSc1ccccc1. The second-order valence-electron chi connectivity index (χ2n) is 6.91. The standard InChI is InChI=1S/C25H20FNO3S3/c1-29-22-15-17(7-12-21(22)30-13-14-32-20-5-3-2-4-6-20)16-23-24(28)27(25(31)33-23)19-10-8-18(26)9-11-19/h2-12,15-16H,13-14H2,1H3. The summed E-state index contributed by atoms with van der Waals surface area (Å²) in [4.78, 5) is 16.0. The Labute approximate surface area is 205 Å². The Morgan fingerprint density at radius 1 is 1.06 bits per heavy atom. The first-order valence-electron chi connectivity index (χ1n) is 10.1. The number of nitrogens with zero attached hydrogens (tertiary/aromatic N) is 1. The van der Waals surface area contributed by atoms with Gasteiger partial charge < -0.3 is 9.47 Å². The summed E-state index contributed by atoms with van der Waals surface area (Å²) >= 11 is 8.31. The third-order valence-corrected chi connectivity index (χ3v) is 7.00. The second-order valence-corrected chi connectivity index (χ2v) is 9.76. The zero-order valence-corrected chi connectivity index (χ0v) is 20.1. The van der Waals surface area contributed by atoms with Crippen molar-refractivity contribution in [3.63, 3.8) is 0 Å². The molecular weight excluding hydrogens is 477 g/mol. The van der Waals surface area contributed by atoms with Gasteiger partial charge in [-0.15, -0.1) is 11.8 Å². The monoisotopic (exact) mass is 497 g/mol. The van der Waals surface area contributed by atoms with E-state index in [9.17, 15) is 9.18 Å². The zero-order chi connectivity index (χ0) is 23.2. The number of amides is 1. The van der Waals surface area contributed by atoms with Crippen molar-refractivity contribution in [3.05, 3.63) is 89.1 Å². The van der Waals surface area contributed by atoms with E-state index in [1.165, 1.54) is 45.8 Å². The molecule has 1 amide bonds. The molecule has 168 valence electrons. The van der Waals surface area contributed by atoms with Crippen molar-refractivity contribution in [1.29, 1.82) is 0 Å². The largest absolute Gasteiger partial charge is 0.493 e. The van der Waals surface area contributed by atoms with Crippen LogP contribution in [0.5, 0.6) is 11.5 Å². The smallest absolute Gasteiger partial charge is 0.270 e. The molecule has 4 nitrogen and oxygen atoms in total. The Bertz CT molecular complexity index is 1180. The van der Waals surface area contributed by atoms with Gasteiger partial charge in [0.15, 0.2) is 15.8 Å². The third kappa shape index (κ3) is 5.76. The molecule has 3 aromatic carbocycles. The van der Waals surface area contributed by atoms with E-state index in [1.807, 2.05) is 36.4 Å². The molecule has 1 fully saturated rings. The number of carbonyl (C=O) groups excluding carboxylic acids is 1. The number of ether oxygens (including phenoxy) is 2. The van der Waals surface area contributed by atoms with Gasteiger partial charge in [-0.2, -0.15) is 0 Å². The first kappa shape index (κ1) is 23.4. The molecule has 0 aliphatic carbocycles. The number of anilines is 1. The molecule has 0 aromatic heterocycles. The van der Waals surface area contributed by atoms with Gasteiger partial charge in [0.1, 0.15) is 5.82 Å². The van der Waals surface area contributed by atoms with Crippen molar-refractivity contribution in [1.82, 2.24) is 0 Å². The maximum absolute atomic E-state index is 13.2. The first-order chi connectivity index (χ1) is 16.0. The summed E-state index contributed by atoms with van der Waals surface area (Å²) in [5.74, 6) is 1.42. The van der Waals surface area contributed by atoms with Gasteiger partial charge in [-0.25, -0.2) is 4.39 Å². The maximum atomic E-state index is 13.2. The predicted octanol–water partition coefficient (Wildman–Crippen LogP) is 6.41. The van der Waals surface area contributed by atoms with Gasteiger partial charge in [-0.3, -0.25) is 9.69 Å². The number of rotatable bonds is 8. The van der Waals surface area contributed by atoms with Gasteiger partial charge in [0.2, 0.25) is 0 Å². The maximum Gasteiger partial charge on any atom is 0.270 e. The number of thiocarbonyl (C=S) groups is 1. The van der Waals surface area contributed by atoms with E-state index >= 15 is 0 Å². The van der Waals surface area contributed by atoms with Gasteiger partial charge in [0.25, 0.3) is 5.91 Å². The molecule has 0 unspecified atom stereocenters. The number of methoxy groups -OCH3 is 1. The molecule has 1 saturated heterocycles. The van der Waals surface area contributed by atoms with Gasteiger partial charge in [0, 0.05) is 10.6 Å². The molecule has 8 heteroatoms. The fourth-order valence-electron chi connectivity index (χ4n) is 3.15. The summed E-state index contributed by atoms with van der Waals surface area (Å²) in [6, 6.07) is 21.4. The topological polar surface area (TPSA) is 38.8 Å². The molecule has 0 N–H and O–H groups in total. The summed E-state index contributed by atoms with van der Waals surface area (Å²) < 4.78 is 25.0. The Hall–Kier alpha value is -2.81. The van der Waals surface area contributed by atoms with Crippen LogP contribution in [0.1, 0.15) is 5.56 Å². The number of carbonyl (C=O) groups is 1. The van der Waals surface area contributed by atoms with Crippen molar-refractivity contribution < 1.29 is 18.7 Å². The van der Waals surface area contributed by atoms with Crippen molar-refractivity contribution >= 4 is 57.7 Å². The minimum Gasteiger partial charge on any atom is -0.493 e. The first-order valence-corrected chi connectivity index (χ1v) is 12.3. The molecule has 3 aromatic rings. The number of hydrogen-bond donors (Lipinski definition) is 0. The molecule has 0 saturated carbocycles. The fraction of sp³-hybridized carbons (Fsp3) is 0.120. The van der Waals surface area contributed by atoms with Crippen LogP contribution in [0.2, 0.25) is 0 Å². The number of thioether (sulfide) groups is 2. The average Bonchev–Trinajstić information content (AvgIpc) is 3.11. The molecule has 1 heterocycles. The molecular formula is C25H20FNO3S3. The van der Waals surface area contributed by atoms with Crippen LogP contribution in [-0.2, 0) is 4.79 Å². The zero-order valence-electron chi connectivity index (χ0n) is 17.7. The van der Waals surface area contributed by atoms with Gasteiger partial charge in [-0.05, 0) is 60.2 Å². The van der Waals surface area contributed by atoms with Crippen LogP contribution in [0.15, 0.2) is 82.6 Å². The molecule has 33 heavy (non-hydrogen) atoms. The lowest BCUT2D eigenvalue weighted by atomic mass is 10.2. The van der Waals surface area contributed by atoms with E-state index in [-0.39, 0.29) is 11.7 Å². The summed E-state index contributed by atoms with van der Waals surface area (Å²) in [6.07, 6.45) is 1.76. The highest BCUT2D eigenvalue weighted by molar-refractivity contribution is 8.27. The third-order valence-electron chi connectivity index (χ3n) is 4.72. The molecule has 0 bridgehead atoms. The van der Waals surface area contributed by atoms with Crippen molar-refractivity contribution in [2.24, 2.45) is 0 Å². The number of benzene rings is 3. The Balaban J connectivity index is 1.43. The lowest BCUT2D eigenvalue weighted by Crippen LogP contribution is -2.27. The van der Waals surface area contributed by atoms with Gasteiger partial charge in [-0.1, -0.05) is 48.2 Å². The highest BCUT2D eigenvalue weighted by atomic mass is 32.2. The second kappa shape index (κ2) is 10.9. The molecule has 4 rings (SSSR count). The van der Waals surface area contributed by atoms with E-state index in [1.54, 1.807) is 24.9 Å². The van der Waals surface area contributed by atoms with Crippen LogP contribution in [-0.4, -0.2) is 29.7 Å². The minimum atomic E-state index is -0.368. The average molecular weight is 498 g/mol. The highest BCUT2D eigenvalue weighted by Crippen LogP contribution is 2.37. The predicted molar refractivity (Wildman–Crippen MR) is 138 cm³/mol. The Morgan fingerprint density at radius 3 is 2.55 bits per heavy atom. The van der Waals surface area contributed by atoms with Crippen LogP contribution in [0.25, 0.3) is 6.08 Å². The lowest BCUT2D eigenvalue weighted by Gasteiger charge is -2.14. The van der Waals surface area contributed by atoms with E-state index in [0.717, 1.165) is 11.3 Å². The summed E-state index contributed by atoms with van der Waals surface area (Å²) in [6.45, 7) is 0.533. The van der Waals surface area contributed by atoms with Crippen molar-refractivity contribution in [3.8, 4) is 11.5 Å². The van der Waals surface area contributed by atoms with Crippen LogP contribution in [0.4, 0.5) is 10.1 Å². The van der Waals surface area contributed by atoms with E-state index in [2.05, 4.69) is 12.1 Å². The summed E-state index contributed by atoms with van der Waals surface area (Å²) in [7, 11) is 1.58. The number of halogens is 1. The molecule has 1 aliphatic rings. The highest BCUT2D eigenvalue weighted by Gasteiger charge is 2.33. The molecule has 1 aliphatic heterocycles. The molecule has 0 spiro atoms. The Kier molecular flexibility index (Phi) is 7.69. The van der Waals surface area contributed by atoms with Crippen molar-refractivity contribution in [2.45, 2.75) is 4.90 Å². The normalized spacial score (nSPS) is 14.7. The van der Waals surface area contributed by atoms with E-state index in [4.69, 9.17) is 21.7 Å². The quantitative estimate of drug-likeness (QED) is 0.155. The minimum absolute atomic E-state index is 0.242. The van der Waals surface area contributed by atoms with E-state index < -0.39 is 0 Å². The van der Waals surface area contributed by atoms with E-state index in [0.29, 0.717) is 33.0 Å². The van der Waals surface area contributed by atoms with Crippen molar-refractivity contribution in [2.75, 3.05) is 24.4 Å². The van der Waals surface area contributed by atoms with Crippen LogP contribution < -0.4 is 14.4 Å². The van der Waals surface area contributed by atoms with Crippen LogP contribution in [0.3, 0.4) is 0 Å². The molecule has 0 atom stereocenters. The Morgan fingerprint density at radius 2 is 1.82 bits per heavy atom. The van der Waals surface area contributed by atoms with Gasteiger partial charge >= 0.3 is 0 Å². The number of hydrogen-bond acceptors (Lipinski definition) is 6. The van der Waals surface area contributed by atoms with Gasteiger partial charge in [0.05, 0.1) is 24.3 Å². The lowest BCUT2D eigenvalue weighted by molar-refractivity contribution is -0.113. The molecule has 0 radical (unpaired) electrons. The summed E-state index contributed by atoms with van der Waals surface area (Å²) in [5, 5.41) is 0. The van der Waals surface area contributed by atoms with Crippen LogP contribution in [0, 0.1) is 5.82 Å². The van der Waals surface area contributed by atoms with Crippen LogP contribution >= 0.6 is 35.7 Å². The fourth-order valence-corrected chi connectivity index (χ4v) is 5.20.